The van der Waals surface area contributed by atoms with Gasteiger partial charge in [-0.15, -0.1) is 17.8 Å². The molecule has 6 atom stereocenters. The number of phenols is 1. The number of pyridine rings is 1. The number of benzene rings is 3. The third-order valence-electron chi connectivity index (χ3n) is 18.7. The monoisotopic (exact) mass is 1270 g/mol. The van der Waals surface area contributed by atoms with Crippen LogP contribution in [0.4, 0.5) is 23.8 Å². The molecule has 3 aromatic carbocycles. The number of ether oxygens (including phenoxy) is 2. The molecule has 3 aromatic heterocycles. The SMILES string of the molecule is C#Cc1c(F)ccc2cc(O)cc(-c3ncc4c(N5CC6CCC(C5)N6C(=O)OC(C)(C)C)nc(OCCN5CCC(CC6(F)CCN(CC(=O)N[C@H](C(=O)N7C[C@H](O)C[C@H]7C(=O)N[C@@H](C)c7ccc(-c8scnc8C)cc7)C(C)(C)C)CC6)CC5)nc4c3F)c12. The number of aryl methyl sites for hydroxylation is 1. The van der Waals surface area contributed by atoms with E-state index in [0.717, 1.165) is 47.4 Å². The van der Waals surface area contributed by atoms with Crippen molar-refractivity contribution in [3.8, 4) is 45.8 Å². The average Bonchev–Trinajstić information content (AvgIpc) is 1.40. The number of carbonyl (C=O) groups excluding carboxylic acids is 4. The Kier molecular flexibility index (Phi) is 18.6. The molecule has 484 valence electrons. The second-order valence-electron chi connectivity index (χ2n) is 27.5. The predicted octanol–water partition coefficient (Wildman–Crippen LogP) is 9.49. The number of amides is 4. The fraction of sp³-hybridized carbons (Fsp3) is 0.529. The average molecular weight is 1270 g/mol. The van der Waals surface area contributed by atoms with E-state index in [-0.39, 0.29) is 114 Å². The van der Waals surface area contributed by atoms with Gasteiger partial charge in [-0.25, -0.2) is 22.9 Å². The van der Waals surface area contributed by atoms with Gasteiger partial charge in [-0.1, -0.05) is 57.0 Å². The summed E-state index contributed by atoms with van der Waals surface area (Å²) in [6.07, 6.45) is 9.92. The lowest BCUT2D eigenvalue weighted by Gasteiger charge is -2.42. The van der Waals surface area contributed by atoms with Crippen LogP contribution in [0.1, 0.15) is 123 Å². The molecule has 0 radical (unpaired) electrons. The quantitative estimate of drug-likeness (QED) is 0.0663. The number of rotatable bonds is 16. The van der Waals surface area contributed by atoms with Crippen molar-refractivity contribution in [2.75, 3.05) is 70.4 Å². The van der Waals surface area contributed by atoms with Gasteiger partial charge in [0.1, 0.15) is 58.6 Å². The second-order valence-corrected chi connectivity index (χ2v) is 28.3. The molecule has 19 nitrogen and oxygen atoms in total. The van der Waals surface area contributed by atoms with Gasteiger partial charge < -0.3 is 40.1 Å². The zero-order valence-electron chi connectivity index (χ0n) is 53.0. The first-order valence-electron chi connectivity index (χ1n) is 31.6. The predicted molar refractivity (Wildman–Crippen MR) is 342 cm³/mol. The van der Waals surface area contributed by atoms with Gasteiger partial charge in [0.05, 0.1) is 57.8 Å². The highest BCUT2D eigenvalue weighted by atomic mass is 32.1. The Morgan fingerprint density at radius 2 is 1.60 bits per heavy atom. The number of aliphatic hydroxyl groups is 1. The maximum absolute atomic E-state index is 17.4. The minimum Gasteiger partial charge on any atom is -0.508 e. The number of carbonyl (C=O) groups is 4. The normalized spacial score (nSPS) is 21.4. The molecule has 4 amide bonds. The number of halogens is 3. The van der Waals surface area contributed by atoms with E-state index in [1.807, 2.05) is 95.0 Å². The van der Waals surface area contributed by atoms with Crippen LogP contribution in [-0.4, -0.2) is 181 Å². The lowest BCUT2D eigenvalue weighted by Crippen LogP contribution is -2.59. The van der Waals surface area contributed by atoms with E-state index >= 15 is 13.2 Å². The molecule has 91 heavy (non-hydrogen) atoms. The molecule has 5 saturated heterocycles. The third-order valence-corrected chi connectivity index (χ3v) is 19.6. The Morgan fingerprint density at radius 1 is 0.901 bits per heavy atom. The van der Waals surface area contributed by atoms with Crippen LogP contribution in [0.2, 0.25) is 0 Å². The molecular weight excluding hydrogens is 1190 g/mol. The number of terminal acetylenes is 1. The summed E-state index contributed by atoms with van der Waals surface area (Å²) in [5.74, 6) is -0.0786. The molecule has 2 bridgehead atoms. The van der Waals surface area contributed by atoms with Gasteiger partial charge in [0, 0.05) is 62.8 Å². The summed E-state index contributed by atoms with van der Waals surface area (Å²) >= 11 is 1.56. The number of aromatic nitrogens is 4. The largest absolute Gasteiger partial charge is 0.508 e. The molecule has 4 N–H and O–H groups in total. The van der Waals surface area contributed by atoms with Gasteiger partial charge in [0.2, 0.25) is 17.7 Å². The standard InChI is InChI=1S/C68H82F3N11O8S/c1-10-49-52(69)18-15-44-29-47(83)30-50(55(44)49)57-56(70)58-51(33-72-57)61(80-34-45-16-17-46(35-80)82(45)65(88)90-67(7,8)9)77-64(76-58)89-28-27-78-23-19-41(20-24-78)32-68(71)21-25-79(26-22-68)37-54(85)75-60(66(4,5)6)63(87)81-36-48(84)31-53(81)62(86)74-39(2)42-11-13-43(14-12-42)59-40(3)73-38-91-59/h1,11-15,18,29-30,33,38-39,41,45-46,48,53,60,83-84H,16-17,19-28,31-32,34-37H2,2-9H3,(H,74,86)(H,75,85)/t39-,45?,46?,48+,53-,60+/m0/s1. The first-order chi connectivity index (χ1) is 43.2. The number of piperidine rings is 2. The number of phenolic OH excluding ortho intramolecular Hbond substituents is 1. The van der Waals surface area contributed by atoms with E-state index in [2.05, 4.69) is 36.4 Å². The zero-order valence-corrected chi connectivity index (χ0v) is 53.8. The lowest BCUT2D eigenvalue weighted by molar-refractivity contribution is -0.144. The van der Waals surface area contributed by atoms with E-state index in [4.69, 9.17) is 20.9 Å². The van der Waals surface area contributed by atoms with E-state index in [1.165, 1.54) is 35.4 Å². The Morgan fingerprint density at radius 3 is 2.25 bits per heavy atom. The minimum atomic E-state index is -1.41. The van der Waals surface area contributed by atoms with Crippen LogP contribution >= 0.6 is 11.3 Å². The maximum atomic E-state index is 17.4. The van der Waals surface area contributed by atoms with Crippen molar-refractivity contribution in [1.29, 1.82) is 0 Å². The zero-order chi connectivity index (χ0) is 64.8. The number of β-amino-alcohol motifs (C(OH)–C–C–N with tert-alkyl or cyclic N) is 1. The van der Waals surface area contributed by atoms with Crippen molar-refractivity contribution in [3.05, 3.63) is 88.7 Å². The number of nitrogens with zero attached hydrogens (tertiary/aromatic N) is 9. The number of piperazine rings is 1. The van der Waals surface area contributed by atoms with Gasteiger partial charge in [-0.05, 0) is 139 Å². The van der Waals surface area contributed by atoms with Crippen molar-refractivity contribution in [1.82, 2.24) is 50.2 Å². The third kappa shape index (κ3) is 14.2. The molecule has 5 fully saturated rings. The Bertz CT molecular complexity index is 3750. The van der Waals surface area contributed by atoms with Gasteiger partial charge in [-0.3, -0.25) is 34.1 Å². The van der Waals surface area contributed by atoms with Crippen LogP contribution in [0.15, 0.2) is 60.2 Å². The highest BCUT2D eigenvalue weighted by Crippen LogP contribution is 2.42. The molecule has 0 aliphatic carbocycles. The number of aliphatic hydroxyl groups excluding tert-OH is 1. The summed E-state index contributed by atoms with van der Waals surface area (Å²) in [6.45, 7) is 18.3. The Balaban J connectivity index is 0.686. The summed E-state index contributed by atoms with van der Waals surface area (Å²) in [5.41, 5.74) is 1.47. The summed E-state index contributed by atoms with van der Waals surface area (Å²) < 4.78 is 61.4. The highest BCUT2D eigenvalue weighted by Gasteiger charge is 2.47. The number of hydrogen-bond acceptors (Lipinski definition) is 16. The maximum Gasteiger partial charge on any atom is 0.410 e. The summed E-state index contributed by atoms with van der Waals surface area (Å²) in [6, 6.07) is 10.5. The summed E-state index contributed by atoms with van der Waals surface area (Å²) in [5, 5.41) is 28.5. The number of alkyl halides is 1. The first-order valence-corrected chi connectivity index (χ1v) is 32.5. The number of aromatic hydroxyl groups is 1. The second kappa shape index (κ2) is 26.2. The smallest absolute Gasteiger partial charge is 0.410 e. The van der Waals surface area contributed by atoms with Crippen molar-refractivity contribution in [3.63, 3.8) is 0 Å². The van der Waals surface area contributed by atoms with Gasteiger partial charge in [0.25, 0.3) is 0 Å². The number of thiazole rings is 1. The van der Waals surface area contributed by atoms with Crippen molar-refractivity contribution in [2.45, 2.75) is 154 Å². The van der Waals surface area contributed by atoms with Crippen LogP contribution in [0.3, 0.4) is 0 Å². The fourth-order valence-corrected chi connectivity index (χ4v) is 14.7. The van der Waals surface area contributed by atoms with Crippen LogP contribution < -0.4 is 20.3 Å². The van der Waals surface area contributed by atoms with Crippen LogP contribution in [-0.2, 0) is 19.1 Å². The van der Waals surface area contributed by atoms with Crippen LogP contribution in [0, 0.1) is 42.2 Å². The van der Waals surface area contributed by atoms with Gasteiger partial charge in [-0.2, -0.15) is 9.97 Å². The molecule has 23 heteroatoms. The van der Waals surface area contributed by atoms with Crippen LogP contribution in [0.5, 0.6) is 11.8 Å². The molecule has 5 aliphatic rings. The summed E-state index contributed by atoms with van der Waals surface area (Å²) in [4.78, 5) is 84.3. The number of fused-ring (bicyclic) bond motifs is 4. The first kappa shape index (κ1) is 64.9. The van der Waals surface area contributed by atoms with Crippen molar-refractivity contribution < 1.29 is 52.0 Å². The molecule has 6 aromatic rings. The van der Waals surface area contributed by atoms with E-state index in [9.17, 15) is 29.4 Å². The molecule has 11 rings (SSSR count). The number of likely N-dealkylation sites (tertiary alicyclic amines) is 3. The van der Waals surface area contributed by atoms with E-state index < -0.39 is 58.3 Å². The number of hydrogen-bond donors (Lipinski definition) is 4. The van der Waals surface area contributed by atoms with Crippen molar-refractivity contribution >= 4 is 62.6 Å². The minimum absolute atomic E-state index is 0.0267. The van der Waals surface area contributed by atoms with Crippen molar-refractivity contribution in [2.24, 2.45) is 11.3 Å². The number of anilines is 1. The topological polar surface area (TPSA) is 219 Å². The molecule has 2 unspecified atom stereocenters. The van der Waals surface area contributed by atoms with Crippen LogP contribution in [0.25, 0.3) is 43.4 Å². The molecule has 5 aliphatic heterocycles. The fourth-order valence-electron chi connectivity index (χ4n) is 13.9. The van der Waals surface area contributed by atoms with Gasteiger partial charge >= 0.3 is 12.1 Å². The Hall–Kier alpha value is -7.65. The van der Waals surface area contributed by atoms with E-state index in [0.29, 0.717) is 68.8 Å². The number of nitrogens with one attached hydrogen (secondary N) is 2. The molecule has 8 heterocycles. The lowest BCUT2D eigenvalue weighted by atomic mass is 9.80. The van der Waals surface area contributed by atoms with E-state index in [1.54, 1.807) is 16.2 Å². The molecular formula is C68H82F3N11O8S. The highest BCUT2D eigenvalue weighted by molar-refractivity contribution is 7.13. The Labute approximate surface area is 533 Å². The molecule has 0 spiro atoms. The molecule has 0 saturated carbocycles. The summed E-state index contributed by atoms with van der Waals surface area (Å²) in [7, 11) is 0. The van der Waals surface area contributed by atoms with Gasteiger partial charge in [0.15, 0.2) is 5.82 Å².